The lowest BCUT2D eigenvalue weighted by molar-refractivity contribution is -0.131. The van der Waals surface area contributed by atoms with Gasteiger partial charge in [0.1, 0.15) is 0 Å². The summed E-state index contributed by atoms with van der Waals surface area (Å²) in [5, 5.41) is 0. The van der Waals surface area contributed by atoms with Crippen molar-refractivity contribution in [3.8, 4) is 0 Å². The van der Waals surface area contributed by atoms with Crippen molar-refractivity contribution in [2.75, 3.05) is 31.1 Å². The molecule has 4 nitrogen and oxygen atoms in total. The summed E-state index contributed by atoms with van der Waals surface area (Å²) in [6, 6.07) is 18.0. The quantitative estimate of drug-likeness (QED) is 0.860. The molecule has 1 saturated heterocycles. The number of amides is 1. The molecule has 1 aliphatic heterocycles. The van der Waals surface area contributed by atoms with Crippen LogP contribution in [0.25, 0.3) is 0 Å². The van der Waals surface area contributed by atoms with Gasteiger partial charge in [-0.25, -0.2) is 0 Å². The topological polar surface area (TPSA) is 49.6 Å². The molecular weight excluding hydrogens is 369 g/mol. The zero-order valence-electron chi connectivity index (χ0n) is 15.0. The molecular formula is C20H27Cl2N3O. The second-order valence-electron chi connectivity index (χ2n) is 6.38. The number of aryl methyl sites for hydroxylation is 1. The van der Waals surface area contributed by atoms with Crippen LogP contribution in [-0.4, -0.2) is 37.0 Å². The molecule has 2 aromatic rings. The number of halogens is 2. The van der Waals surface area contributed by atoms with E-state index in [0.29, 0.717) is 6.42 Å². The maximum absolute atomic E-state index is 12.5. The minimum Gasteiger partial charge on any atom is -0.368 e. The molecule has 142 valence electrons. The van der Waals surface area contributed by atoms with Gasteiger partial charge in [-0.05, 0) is 24.1 Å². The van der Waals surface area contributed by atoms with Gasteiger partial charge in [0.2, 0.25) is 5.91 Å². The van der Waals surface area contributed by atoms with Gasteiger partial charge in [-0.3, -0.25) is 4.79 Å². The monoisotopic (exact) mass is 395 g/mol. The van der Waals surface area contributed by atoms with E-state index in [1.165, 1.54) is 11.3 Å². The van der Waals surface area contributed by atoms with Gasteiger partial charge in [0.15, 0.2) is 0 Å². The molecule has 2 N–H and O–H groups in total. The van der Waals surface area contributed by atoms with Crippen molar-refractivity contribution in [3.63, 3.8) is 0 Å². The summed E-state index contributed by atoms with van der Waals surface area (Å²) in [6.45, 7) is 5.39. The van der Waals surface area contributed by atoms with Crippen LogP contribution < -0.4 is 10.6 Å². The van der Waals surface area contributed by atoms with Crippen molar-refractivity contribution in [2.45, 2.75) is 19.4 Å². The Morgan fingerprint density at radius 3 is 2.15 bits per heavy atom. The lowest BCUT2D eigenvalue weighted by Gasteiger charge is -2.37. The second-order valence-corrected chi connectivity index (χ2v) is 6.38. The van der Waals surface area contributed by atoms with Crippen LogP contribution in [0.4, 0.5) is 5.69 Å². The average molecular weight is 396 g/mol. The molecule has 3 rings (SSSR count). The zero-order valence-corrected chi connectivity index (χ0v) is 16.6. The van der Waals surface area contributed by atoms with Crippen LogP contribution in [0.5, 0.6) is 0 Å². The van der Waals surface area contributed by atoms with E-state index in [4.69, 9.17) is 5.73 Å². The average Bonchev–Trinajstić information content (AvgIpc) is 2.63. The fourth-order valence-corrected chi connectivity index (χ4v) is 3.25. The number of piperazine rings is 1. The molecule has 1 aliphatic rings. The molecule has 2 aromatic carbocycles. The summed E-state index contributed by atoms with van der Waals surface area (Å²) < 4.78 is 0. The van der Waals surface area contributed by atoms with Crippen LogP contribution in [0.1, 0.15) is 23.6 Å². The first kappa shape index (κ1) is 22.3. The Kier molecular flexibility index (Phi) is 8.93. The highest BCUT2D eigenvalue weighted by Crippen LogP contribution is 2.21. The minimum atomic E-state index is -0.229. The normalized spacial score (nSPS) is 14.8. The van der Waals surface area contributed by atoms with Gasteiger partial charge in [-0.2, -0.15) is 0 Å². The van der Waals surface area contributed by atoms with Crippen molar-refractivity contribution >= 4 is 36.4 Å². The molecule has 0 spiro atoms. The van der Waals surface area contributed by atoms with Gasteiger partial charge >= 0.3 is 0 Å². The highest BCUT2D eigenvalue weighted by atomic mass is 35.5. The molecule has 6 heteroatoms. The molecule has 0 radical (unpaired) electrons. The molecule has 0 aromatic heterocycles. The maximum atomic E-state index is 12.5. The number of anilines is 1. The summed E-state index contributed by atoms with van der Waals surface area (Å²) in [5.41, 5.74) is 9.75. The van der Waals surface area contributed by atoms with Gasteiger partial charge in [0, 0.05) is 44.3 Å². The van der Waals surface area contributed by atoms with Crippen molar-refractivity contribution in [1.82, 2.24) is 4.90 Å². The molecule has 1 atom stereocenters. The van der Waals surface area contributed by atoms with Crippen molar-refractivity contribution < 1.29 is 4.79 Å². The number of nitrogens with two attached hydrogens (primary N) is 1. The van der Waals surface area contributed by atoms with Crippen molar-refractivity contribution in [1.29, 1.82) is 0 Å². The van der Waals surface area contributed by atoms with E-state index in [9.17, 15) is 4.79 Å². The number of rotatable bonds is 4. The van der Waals surface area contributed by atoms with Gasteiger partial charge in [0.25, 0.3) is 0 Å². The summed E-state index contributed by atoms with van der Waals surface area (Å²) >= 11 is 0. The predicted molar refractivity (Wildman–Crippen MR) is 112 cm³/mol. The molecule has 0 aliphatic carbocycles. The number of benzene rings is 2. The van der Waals surface area contributed by atoms with Crippen LogP contribution in [0.15, 0.2) is 54.6 Å². The Morgan fingerprint density at radius 1 is 0.962 bits per heavy atom. The third-order valence-corrected chi connectivity index (χ3v) is 4.71. The molecule has 1 fully saturated rings. The van der Waals surface area contributed by atoms with E-state index < -0.39 is 0 Å². The standard InChI is InChI=1S/C20H25N3O.2ClH/c1-16-7-5-6-10-19(16)22-11-13-23(14-12-22)20(24)15-18(21)17-8-3-2-4-9-17;;/h2-10,18H,11-15,21H2,1H3;2*1H. The Hall–Kier alpha value is -1.75. The van der Waals surface area contributed by atoms with E-state index in [1.54, 1.807) is 0 Å². The predicted octanol–water partition coefficient (Wildman–Crippen LogP) is 3.58. The fourth-order valence-electron chi connectivity index (χ4n) is 3.25. The fraction of sp³-hybridized carbons (Fsp3) is 0.350. The van der Waals surface area contributed by atoms with E-state index in [-0.39, 0.29) is 36.8 Å². The zero-order chi connectivity index (χ0) is 16.9. The molecule has 1 amide bonds. The van der Waals surface area contributed by atoms with E-state index in [2.05, 4.69) is 36.1 Å². The summed E-state index contributed by atoms with van der Waals surface area (Å²) in [4.78, 5) is 16.8. The highest BCUT2D eigenvalue weighted by Gasteiger charge is 2.23. The number of hydrogen-bond donors (Lipinski definition) is 1. The smallest absolute Gasteiger partial charge is 0.224 e. The number of para-hydroxylation sites is 1. The first-order chi connectivity index (χ1) is 11.6. The Morgan fingerprint density at radius 2 is 1.54 bits per heavy atom. The van der Waals surface area contributed by atoms with Crippen LogP contribution in [0.3, 0.4) is 0 Å². The lowest BCUT2D eigenvalue weighted by atomic mass is 10.0. The third-order valence-electron chi connectivity index (χ3n) is 4.71. The number of carbonyl (C=O) groups excluding carboxylic acids is 1. The van der Waals surface area contributed by atoms with Crippen LogP contribution in [0.2, 0.25) is 0 Å². The third kappa shape index (κ3) is 5.37. The van der Waals surface area contributed by atoms with Gasteiger partial charge < -0.3 is 15.5 Å². The summed E-state index contributed by atoms with van der Waals surface area (Å²) in [5.74, 6) is 0.149. The van der Waals surface area contributed by atoms with Crippen LogP contribution in [0, 0.1) is 6.92 Å². The Labute approximate surface area is 168 Å². The first-order valence-electron chi connectivity index (χ1n) is 8.54. The second kappa shape index (κ2) is 10.4. The van der Waals surface area contributed by atoms with Crippen LogP contribution >= 0.6 is 24.8 Å². The Bertz CT molecular complexity index is 688. The number of hydrogen-bond acceptors (Lipinski definition) is 3. The first-order valence-corrected chi connectivity index (χ1v) is 8.54. The molecule has 1 unspecified atom stereocenters. The Balaban J connectivity index is 0.00000169. The summed E-state index contributed by atoms with van der Waals surface area (Å²) in [6.07, 6.45) is 0.369. The number of nitrogens with zero attached hydrogens (tertiary/aromatic N) is 2. The molecule has 0 saturated carbocycles. The van der Waals surface area contributed by atoms with Gasteiger partial charge in [-0.1, -0.05) is 48.5 Å². The highest BCUT2D eigenvalue weighted by molar-refractivity contribution is 5.85. The van der Waals surface area contributed by atoms with Crippen LogP contribution in [-0.2, 0) is 4.79 Å². The van der Waals surface area contributed by atoms with E-state index in [0.717, 1.165) is 31.7 Å². The van der Waals surface area contributed by atoms with E-state index in [1.807, 2.05) is 35.2 Å². The lowest BCUT2D eigenvalue weighted by Crippen LogP contribution is -2.49. The van der Waals surface area contributed by atoms with Gasteiger partial charge in [-0.15, -0.1) is 24.8 Å². The van der Waals surface area contributed by atoms with Gasteiger partial charge in [0.05, 0.1) is 0 Å². The van der Waals surface area contributed by atoms with Crippen molar-refractivity contribution in [2.24, 2.45) is 5.73 Å². The summed E-state index contributed by atoms with van der Waals surface area (Å²) in [7, 11) is 0. The molecule has 0 bridgehead atoms. The largest absolute Gasteiger partial charge is 0.368 e. The number of carbonyl (C=O) groups is 1. The van der Waals surface area contributed by atoms with Crippen molar-refractivity contribution in [3.05, 3.63) is 65.7 Å². The SMILES string of the molecule is Cc1ccccc1N1CCN(C(=O)CC(N)c2ccccc2)CC1.Cl.Cl. The van der Waals surface area contributed by atoms with E-state index >= 15 is 0 Å². The minimum absolute atomic E-state index is 0. The molecule has 26 heavy (non-hydrogen) atoms. The molecule has 1 heterocycles. The maximum Gasteiger partial charge on any atom is 0.224 e.